The Hall–Kier alpha value is -4.85. The van der Waals surface area contributed by atoms with Crippen molar-refractivity contribution in [1.29, 1.82) is 0 Å². The second-order valence-electron chi connectivity index (χ2n) is 8.00. The maximum atomic E-state index is 13.0. The van der Waals surface area contributed by atoms with Crippen LogP contribution in [0.2, 0.25) is 0 Å². The second-order valence-corrected chi connectivity index (χ2v) is 8.00. The number of para-hydroxylation sites is 1. The number of anilines is 2. The first-order valence-electron chi connectivity index (χ1n) is 10.8. The monoisotopic (exact) mass is 465 g/mol. The Morgan fingerprint density at radius 3 is 2.43 bits per heavy atom. The number of nitrogens with zero attached hydrogens (tertiary/aromatic N) is 2. The summed E-state index contributed by atoms with van der Waals surface area (Å²) in [6, 6.07) is 20.0. The first kappa shape index (κ1) is 22.0. The Morgan fingerprint density at radius 1 is 0.914 bits per heavy atom. The molecule has 0 unspecified atom stereocenters. The third kappa shape index (κ3) is 4.13. The molecule has 8 heteroatoms. The molecule has 1 aliphatic heterocycles. The van der Waals surface area contributed by atoms with Gasteiger partial charge >= 0.3 is 5.97 Å². The van der Waals surface area contributed by atoms with E-state index in [2.05, 4.69) is 10.3 Å². The second kappa shape index (κ2) is 8.83. The van der Waals surface area contributed by atoms with Crippen molar-refractivity contribution in [3.63, 3.8) is 0 Å². The summed E-state index contributed by atoms with van der Waals surface area (Å²) in [5.41, 5.74) is 2.91. The highest BCUT2D eigenvalue weighted by Gasteiger charge is 2.37. The van der Waals surface area contributed by atoms with Crippen LogP contribution >= 0.6 is 0 Å². The van der Waals surface area contributed by atoms with Crippen molar-refractivity contribution in [3.8, 4) is 0 Å². The van der Waals surface area contributed by atoms with Gasteiger partial charge in [0.1, 0.15) is 6.61 Å². The molecular weight excluding hydrogens is 446 g/mol. The number of hydrogen-bond donors (Lipinski definition) is 1. The lowest BCUT2D eigenvalue weighted by Crippen LogP contribution is -2.29. The smallest absolute Gasteiger partial charge is 0.338 e. The summed E-state index contributed by atoms with van der Waals surface area (Å²) in [7, 11) is 0. The summed E-state index contributed by atoms with van der Waals surface area (Å²) in [6.45, 7) is 1.41. The molecule has 0 bridgehead atoms. The van der Waals surface area contributed by atoms with Crippen molar-refractivity contribution in [1.82, 2.24) is 4.98 Å². The van der Waals surface area contributed by atoms with Crippen LogP contribution < -0.4 is 10.2 Å². The average Bonchev–Trinajstić information content (AvgIpc) is 3.12. The van der Waals surface area contributed by atoms with Gasteiger partial charge in [0.25, 0.3) is 11.8 Å². The third-order valence-corrected chi connectivity index (χ3v) is 5.64. The van der Waals surface area contributed by atoms with E-state index in [1.165, 1.54) is 25.1 Å². The molecule has 0 aliphatic carbocycles. The Kier molecular flexibility index (Phi) is 5.54. The molecule has 1 aromatic heterocycles. The van der Waals surface area contributed by atoms with Crippen molar-refractivity contribution in [2.24, 2.45) is 0 Å². The lowest BCUT2D eigenvalue weighted by Gasteiger charge is -2.14. The van der Waals surface area contributed by atoms with E-state index >= 15 is 0 Å². The quantitative estimate of drug-likeness (QED) is 0.347. The van der Waals surface area contributed by atoms with E-state index in [0.717, 1.165) is 21.4 Å². The molecule has 1 aliphatic rings. The van der Waals surface area contributed by atoms with Crippen LogP contribution in [0.3, 0.4) is 0 Å². The Morgan fingerprint density at radius 2 is 1.66 bits per heavy atom. The topological polar surface area (TPSA) is 106 Å². The molecule has 2 heterocycles. The van der Waals surface area contributed by atoms with E-state index in [0.29, 0.717) is 11.4 Å². The van der Waals surface area contributed by atoms with Gasteiger partial charge < -0.3 is 10.1 Å². The van der Waals surface area contributed by atoms with Crippen LogP contribution in [-0.4, -0.2) is 28.7 Å². The number of benzene rings is 3. The number of nitrogens with one attached hydrogen (secondary N) is 1. The van der Waals surface area contributed by atoms with Crippen molar-refractivity contribution in [2.45, 2.75) is 13.5 Å². The van der Waals surface area contributed by atoms with Gasteiger partial charge in [-0.2, -0.15) is 0 Å². The zero-order valence-corrected chi connectivity index (χ0v) is 18.6. The first-order chi connectivity index (χ1) is 16.9. The Bertz CT molecular complexity index is 1510. The van der Waals surface area contributed by atoms with Gasteiger partial charge in [0.2, 0.25) is 5.91 Å². The number of amides is 3. The van der Waals surface area contributed by atoms with Crippen LogP contribution in [0, 0.1) is 0 Å². The predicted molar refractivity (Wildman–Crippen MR) is 129 cm³/mol. The standard InChI is InChI=1S/C27H19N3O5/c1-16(31)29-20-8-10-21(11-9-20)30-25(32)22-12-7-18(14-23(22)26(30)33)27(34)35-15-19-5-2-4-17-6-3-13-28-24(17)19/h2-14H,15H2,1H3,(H,29,31). The van der Waals surface area contributed by atoms with Crippen LogP contribution in [0.25, 0.3) is 10.9 Å². The number of hydrogen-bond acceptors (Lipinski definition) is 6. The molecule has 35 heavy (non-hydrogen) atoms. The Labute approximate surface area is 200 Å². The number of fused-ring (bicyclic) bond motifs is 2. The van der Waals surface area contributed by atoms with E-state index in [-0.39, 0.29) is 29.2 Å². The molecule has 0 atom stereocenters. The molecule has 0 saturated heterocycles. The van der Waals surface area contributed by atoms with Gasteiger partial charge in [0.05, 0.1) is 27.9 Å². The maximum absolute atomic E-state index is 13.0. The number of pyridine rings is 1. The third-order valence-electron chi connectivity index (χ3n) is 5.64. The highest BCUT2D eigenvalue weighted by molar-refractivity contribution is 6.34. The summed E-state index contributed by atoms with van der Waals surface area (Å²) < 4.78 is 5.48. The number of ether oxygens (including phenoxy) is 1. The molecular formula is C27H19N3O5. The minimum atomic E-state index is -0.612. The van der Waals surface area contributed by atoms with Gasteiger partial charge in [-0.25, -0.2) is 9.69 Å². The molecule has 3 amide bonds. The number of carbonyl (C=O) groups is 4. The predicted octanol–water partition coefficient (Wildman–Crippen LogP) is 4.35. The summed E-state index contributed by atoms with van der Waals surface area (Å²) in [5, 5.41) is 3.57. The number of esters is 1. The summed E-state index contributed by atoms with van der Waals surface area (Å²) in [5.74, 6) is -1.86. The number of rotatable bonds is 5. The normalized spacial score (nSPS) is 12.5. The van der Waals surface area contributed by atoms with Crippen molar-refractivity contribution < 1.29 is 23.9 Å². The van der Waals surface area contributed by atoms with Gasteiger partial charge in [-0.05, 0) is 48.5 Å². The molecule has 8 nitrogen and oxygen atoms in total. The molecule has 3 aromatic carbocycles. The minimum Gasteiger partial charge on any atom is -0.457 e. The molecule has 0 saturated carbocycles. The fraction of sp³-hybridized carbons (Fsp3) is 0.0741. The lowest BCUT2D eigenvalue weighted by molar-refractivity contribution is -0.114. The van der Waals surface area contributed by atoms with Gasteiger partial charge in [0.15, 0.2) is 0 Å². The van der Waals surface area contributed by atoms with E-state index < -0.39 is 17.8 Å². The van der Waals surface area contributed by atoms with Gasteiger partial charge in [-0.15, -0.1) is 0 Å². The Balaban J connectivity index is 1.34. The SMILES string of the molecule is CC(=O)Nc1ccc(N2C(=O)c3ccc(C(=O)OCc4cccc5cccnc45)cc3C2=O)cc1. The van der Waals surface area contributed by atoms with Crippen LogP contribution in [-0.2, 0) is 16.1 Å². The van der Waals surface area contributed by atoms with Crippen molar-refractivity contribution >= 4 is 46.0 Å². The highest BCUT2D eigenvalue weighted by Crippen LogP contribution is 2.30. The molecule has 0 radical (unpaired) electrons. The molecule has 1 N–H and O–H groups in total. The zero-order chi connectivity index (χ0) is 24.5. The van der Waals surface area contributed by atoms with Crippen LogP contribution in [0.15, 0.2) is 79.0 Å². The van der Waals surface area contributed by atoms with E-state index in [1.807, 2.05) is 30.3 Å². The molecule has 5 rings (SSSR count). The van der Waals surface area contributed by atoms with Crippen molar-refractivity contribution in [3.05, 3.63) is 101 Å². The zero-order valence-electron chi connectivity index (χ0n) is 18.6. The summed E-state index contributed by atoms with van der Waals surface area (Å²) in [6.07, 6.45) is 1.68. The number of carbonyl (C=O) groups excluding carboxylic acids is 4. The molecule has 4 aromatic rings. The van der Waals surface area contributed by atoms with E-state index in [9.17, 15) is 19.2 Å². The highest BCUT2D eigenvalue weighted by atomic mass is 16.5. The van der Waals surface area contributed by atoms with Crippen LogP contribution in [0.5, 0.6) is 0 Å². The number of aromatic nitrogens is 1. The molecule has 0 fully saturated rings. The maximum Gasteiger partial charge on any atom is 0.338 e. The fourth-order valence-corrected chi connectivity index (χ4v) is 4.01. The van der Waals surface area contributed by atoms with Crippen molar-refractivity contribution in [2.75, 3.05) is 10.2 Å². The first-order valence-corrected chi connectivity index (χ1v) is 10.8. The fourth-order valence-electron chi connectivity index (χ4n) is 4.01. The van der Waals surface area contributed by atoms with Gasteiger partial charge in [-0.3, -0.25) is 19.4 Å². The van der Waals surface area contributed by atoms with Crippen LogP contribution in [0.4, 0.5) is 11.4 Å². The largest absolute Gasteiger partial charge is 0.457 e. The molecule has 0 spiro atoms. The minimum absolute atomic E-state index is 0.0178. The average molecular weight is 465 g/mol. The molecule has 172 valence electrons. The lowest BCUT2D eigenvalue weighted by atomic mass is 10.1. The van der Waals surface area contributed by atoms with E-state index in [1.54, 1.807) is 30.5 Å². The van der Waals surface area contributed by atoms with Crippen LogP contribution in [0.1, 0.15) is 43.6 Å². The van der Waals surface area contributed by atoms with Gasteiger partial charge in [0, 0.05) is 29.8 Å². The summed E-state index contributed by atoms with van der Waals surface area (Å²) in [4.78, 5) is 55.3. The van der Waals surface area contributed by atoms with E-state index in [4.69, 9.17) is 4.74 Å². The summed E-state index contributed by atoms with van der Waals surface area (Å²) >= 11 is 0. The number of imide groups is 1. The van der Waals surface area contributed by atoms with Gasteiger partial charge in [-0.1, -0.05) is 24.3 Å².